The first kappa shape index (κ1) is 18.7. The standard InChI is InChI=1S/C21H21FN6O/c1-13-4-3-5-18(14(13)2)23-12-17-10-19(29)28-21(25-17)26-20(27-28)24-11-15-6-8-16(22)9-7-15/h3-10,23H,11-12H2,1-2H3,(H2,24,25,26,27). The van der Waals surface area contributed by atoms with Crippen molar-refractivity contribution < 1.29 is 4.39 Å². The van der Waals surface area contributed by atoms with Crippen LogP contribution in [-0.2, 0) is 13.1 Å². The zero-order valence-electron chi connectivity index (χ0n) is 16.2. The predicted octanol–water partition coefficient (Wildman–Crippen LogP) is 3.40. The van der Waals surface area contributed by atoms with E-state index in [0.29, 0.717) is 24.7 Å². The van der Waals surface area contributed by atoms with Gasteiger partial charge in [-0.15, -0.1) is 0 Å². The lowest BCUT2D eigenvalue weighted by Gasteiger charge is -2.10. The van der Waals surface area contributed by atoms with Gasteiger partial charge in [-0.05, 0) is 48.7 Å². The summed E-state index contributed by atoms with van der Waals surface area (Å²) in [5.41, 5.74) is 4.63. The number of nitrogens with one attached hydrogen (secondary N) is 3. The maximum atomic E-state index is 13.0. The van der Waals surface area contributed by atoms with Crippen molar-refractivity contribution in [1.82, 2.24) is 19.6 Å². The molecule has 0 aliphatic carbocycles. The Morgan fingerprint density at radius 2 is 1.83 bits per heavy atom. The van der Waals surface area contributed by atoms with E-state index in [0.717, 1.165) is 16.8 Å². The van der Waals surface area contributed by atoms with Crippen LogP contribution in [0.4, 0.5) is 16.0 Å². The summed E-state index contributed by atoms with van der Waals surface area (Å²) in [4.78, 5) is 21.2. The van der Waals surface area contributed by atoms with Crippen LogP contribution in [0.2, 0.25) is 0 Å². The molecule has 0 atom stereocenters. The minimum absolute atomic E-state index is 0.241. The molecule has 0 aliphatic heterocycles. The second-order valence-electron chi connectivity index (χ2n) is 6.87. The summed E-state index contributed by atoms with van der Waals surface area (Å²) in [6.45, 7) is 4.97. The van der Waals surface area contributed by atoms with Crippen LogP contribution < -0.4 is 16.2 Å². The monoisotopic (exact) mass is 392 g/mol. The van der Waals surface area contributed by atoms with E-state index in [1.807, 2.05) is 12.1 Å². The lowest BCUT2D eigenvalue weighted by atomic mass is 10.1. The van der Waals surface area contributed by atoms with Crippen molar-refractivity contribution >= 4 is 17.4 Å². The molecule has 0 fully saturated rings. The lowest BCUT2D eigenvalue weighted by molar-refractivity contribution is 0.627. The number of aromatic amines is 1. The average molecular weight is 392 g/mol. The normalized spacial score (nSPS) is 11.0. The molecule has 0 saturated carbocycles. The fourth-order valence-corrected chi connectivity index (χ4v) is 3.01. The van der Waals surface area contributed by atoms with Gasteiger partial charge < -0.3 is 10.6 Å². The Morgan fingerprint density at radius 3 is 2.62 bits per heavy atom. The fourth-order valence-electron chi connectivity index (χ4n) is 3.01. The molecule has 0 bridgehead atoms. The van der Waals surface area contributed by atoms with E-state index >= 15 is 0 Å². The number of benzene rings is 2. The van der Waals surface area contributed by atoms with Gasteiger partial charge in [0.2, 0.25) is 5.95 Å². The van der Waals surface area contributed by atoms with Crippen LogP contribution in [0.3, 0.4) is 0 Å². The molecule has 2 heterocycles. The highest BCUT2D eigenvalue weighted by molar-refractivity contribution is 5.53. The average Bonchev–Trinajstić information content (AvgIpc) is 3.12. The largest absolute Gasteiger partial charge is 0.379 e. The van der Waals surface area contributed by atoms with Crippen molar-refractivity contribution in [1.29, 1.82) is 0 Å². The number of rotatable bonds is 6. The number of H-pyrrole nitrogens is 1. The predicted molar refractivity (Wildman–Crippen MR) is 111 cm³/mol. The molecule has 29 heavy (non-hydrogen) atoms. The third kappa shape index (κ3) is 4.11. The highest BCUT2D eigenvalue weighted by Crippen LogP contribution is 2.18. The molecule has 8 heteroatoms. The highest BCUT2D eigenvalue weighted by atomic mass is 19.1. The minimum atomic E-state index is -0.282. The summed E-state index contributed by atoms with van der Waals surface area (Å²) < 4.78 is 14.3. The molecule has 2 aromatic heterocycles. The van der Waals surface area contributed by atoms with Gasteiger partial charge in [0.1, 0.15) is 5.82 Å². The van der Waals surface area contributed by atoms with Crippen molar-refractivity contribution in [2.45, 2.75) is 26.9 Å². The van der Waals surface area contributed by atoms with Crippen molar-refractivity contribution in [2.24, 2.45) is 0 Å². The Labute approximate surface area is 166 Å². The third-order valence-electron chi connectivity index (χ3n) is 4.82. The lowest BCUT2D eigenvalue weighted by Crippen LogP contribution is -2.17. The van der Waals surface area contributed by atoms with E-state index in [2.05, 4.69) is 45.6 Å². The van der Waals surface area contributed by atoms with Crippen LogP contribution in [0.5, 0.6) is 0 Å². The summed E-state index contributed by atoms with van der Waals surface area (Å²) >= 11 is 0. The summed E-state index contributed by atoms with van der Waals surface area (Å²) in [7, 11) is 0. The molecule has 7 nitrogen and oxygen atoms in total. The number of halogens is 1. The van der Waals surface area contributed by atoms with Gasteiger partial charge in [0.15, 0.2) is 0 Å². The molecule has 0 aliphatic rings. The second kappa shape index (κ2) is 7.75. The maximum Gasteiger partial charge on any atom is 0.274 e. The van der Waals surface area contributed by atoms with Gasteiger partial charge in [0.25, 0.3) is 11.3 Å². The van der Waals surface area contributed by atoms with Gasteiger partial charge in [-0.3, -0.25) is 9.89 Å². The SMILES string of the molecule is Cc1cccc(NCc2cc(=O)n3[nH]c(NCc4ccc(F)cc4)nc3n2)c1C. The number of hydrogen-bond donors (Lipinski definition) is 3. The number of aromatic nitrogens is 4. The van der Waals surface area contributed by atoms with Gasteiger partial charge in [0, 0.05) is 18.3 Å². The molecule has 0 saturated heterocycles. The molecule has 0 amide bonds. The number of fused-ring (bicyclic) bond motifs is 1. The van der Waals surface area contributed by atoms with Crippen molar-refractivity contribution in [3.63, 3.8) is 0 Å². The molecule has 4 aromatic rings. The molecular weight excluding hydrogens is 371 g/mol. The smallest absolute Gasteiger partial charge is 0.274 e. The number of anilines is 2. The zero-order chi connectivity index (χ0) is 20.4. The number of aryl methyl sites for hydroxylation is 1. The molecule has 0 spiro atoms. The molecule has 2 aromatic carbocycles. The minimum Gasteiger partial charge on any atom is -0.379 e. The fraction of sp³-hybridized carbons (Fsp3) is 0.190. The Morgan fingerprint density at radius 1 is 1.03 bits per heavy atom. The Hall–Kier alpha value is -3.68. The summed E-state index contributed by atoms with van der Waals surface area (Å²) in [5, 5.41) is 9.30. The van der Waals surface area contributed by atoms with Gasteiger partial charge >= 0.3 is 0 Å². The van der Waals surface area contributed by atoms with Crippen LogP contribution >= 0.6 is 0 Å². The summed E-state index contributed by atoms with van der Waals surface area (Å²) in [6.07, 6.45) is 0. The Kier molecular flexibility index (Phi) is 4.99. The van der Waals surface area contributed by atoms with E-state index in [1.165, 1.54) is 28.3 Å². The van der Waals surface area contributed by atoms with Crippen molar-refractivity contribution in [2.75, 3.05) is 10.6 Å². The van der Waals surface area contributed by atoms with E-state index in [4.69, 9.17) is 0 Å². The third-order valence-corrected chi connectivity index (χ3v) is 4.82. The van der Waals surface area contributed by atoms with E-state index in [1.54, 1.807) is 12.1 Å². The van der Waals surface area contributed by atoms with E-state index in [-0.39, 0.29) is 17.2 Å². The highest BCUT2D eigenvalue weighted by Gasteiger charge is 2.09. The zero-order valence-corrected chi connectivity index (χ0v) is 16.2. The van der Waals surface area contributed by atoms with Crippen molar-refractivity contribution in [3.05, 3.63) is 87.1 Å². The molecule has 0 radical (unpaired) electrons. The Bertz CT molecular complexity index is 1210. The van der Waals surface area contributed by atoms with Crippen LogP contribution in [0, 0.1) is 19.7 Å². The first-order valence-electron chi connectivity index (χ1n) is 9.27. The second-order valence-corrected chi connectivity index (χ2v) is 6.87. The Balaban J connectivity index is 1.50. The summed E-state index contributed by atoms with van der Waals surface area (Å²) in [5.74, 6) is 0.422. The van der Waals surface area contributed by atoms with Gasteiger partial charge in [-0.25, -0.2) is 9.37 Å². The molecular formula is C21H21FN6O. The van der Waals surface area contributed by atoms with Gasteiger partial charge in [0.05, 0.1) is 12.2 Å². The maximum absolute atomic E-state index is 13.0. The summed E-state index contributed by atoms with van der Waals surface area (Å²) in [6, 6.07) is 13.7. The van der Waals surface area contributed by atoms with Crippen LogP contribution in [0.15, 0.2) is 53.3 Å². The van der Waals surface area contributed by atoms with Crippen LogP contribution in [0.1, 0.15) is 22.4 Å². The molecule has 0 unspecified atom stereocenters. The van der Waals surface area contributed by atoms with Crippen LogP contribution in [-0.4, -0.2) is 19.6 Å². The number of hydrogen-bond acceptors (Lipinski definition) is 5. The van der Waals surface area contributed by atoms with E-state index < -0.39 is 0 Å². The van der Waals surface area contributed by atoms with Gasteiger partial charge in [-0.2, -0.15) is 9.50 Å². The molecule has 3 N–H and O–H groups in total. The molecule has 148 valence electrons. The molecule has 4 rings (SSSR count). The topological polar surface area (TPSA) is 87.1 Å². The first-order chi connectivity index (χ1) is 14.0. The van der Waals surface area contributed by atoms with Crippen molar-refractivity contribution in [3.8, 4) is 0 Å². The van der Waals surface area contributed by atoms with E-state index in [9.17, 15) is 9.18 Å². The number of nitrogens with zero attached hydrogens (tertiary/aromatic N) is 3. The van der Waals surface area contributed by atoms with Crippen LogP contribution in [0.25, 0.3) is 5.78 Å². The first-order valence-corrected chi connectivity index (χ1v) is 9.27. The quantitative estimate of drug-likeness (QED) is 0.468. The van der Waals surface area contributed by atoms with Gasteiger partial charge in [-0.1, -0.05) is 24.3 Å².